The molecule has 0 spiro atoms. The molecule has 1 aromatic heterocycles. The summed E-state index contributed by atoms with van der Waals surface area (Å²) in [7, 11) is 2.76. The van der Waals surface area contributed by atoms with Crippen LogP contribution in [0.4, 0.5) is 24.5 Å². The number of pyridine rings is 1. The van der Waals surface area contributed by atoms with E-state index in [9.17, 15) is 18.0 Å². The first-order valence-electron chi connectivity index (χ1n) is 12.2. The third-order valence-corrected chi connectivity index (χ3v) is 7.30. The van der Waals surface area contributed by atoms with Crippen LogP contribution < -0.4 is 19.4 Å². The van der Waals surface area contributed by atoms with E-state index >= 15 is 0 Å². The lowest BCUT2D eigenvalue weighted by molar-refractivity contribution is -0.141. The standard InChI is InChI=1S/C26H30ClF3N4O4/c1-15-14-33(21-11-23(36-3)31-13-19(21)27)10-9-22(15)38-18-7-5-17(6-8-18)34-20(12-24(35)37-4)16(2)25(32-34)26(28,29)30/h5-8,11,13,15-16,20,22H,9-10,12,14H2,1-4H3/t15-,16+,20+,22-/m1/s1. The summed E-state index contributed by atoms with van der Waals surface area (Å²) >= 11 is 6.37. The quantitative estimate of drug-likeness (QED) is 0.427. The molecule has 8 nitrogen and oxygen atoms in total. The average Bonchev–Trinajstić information content (AvgIpc) is 3.22. The minimum absolute atomic E-state index is 0.0617. The number of hydrogen-bond donors (Lipinski definition) is 0. The van der Waals surface area contributed by atoms with Crippen molar-refractivity contribution in [3.63, 3.8) is 0 Å². The van der Waals surface area contributed by atoms with Crippen molar-refractivity contribution < 1.29 is 32.2 Å². The molecule has 1 fully saturated rings. The molecule has 38 heavy (non-hydrogen) atoms. The van der Waals surface area contributed by atoms with Gasteiger partial charge in [-0.1, -0.05) is 25.4 Å². The third-order valence-electron chi connectivity index (χ3n) is 7.01. The number of hydrogen-bond acceptors (Lipinski definition) is 8. The van der Waals surface area contributed by atoms with Crippen LogP contribution in [0.15, 0.2) is 41.6 Å². The number of esters is 1. The van der Waals surface area contributed by atoms with Gasteiger partial charge in [-0.3, -0.25) is 9.80 Å². The van der Waals surface area contributed by atoms with E-state index < -0.39 is 29.8 Å². The minimum atomic E-state index is -4.60. The smallest absolute Gasteiger partial charge is 0.431 e. The number of methoxy groups -OCH3 is 2. The first-order chi connectivity index (χ1) is 18.0. The summed E-state index contributed by atoms with van der Waals surface area (Å²) < 4.78 is 56.8. The Kier molecular flexibility index (Phi) is 8.25. The molecule has 4 atom stereocenters. The molecule has 0 saturated carbocycles. The molecule has 1 aromatic carbocycles. The number of hydrazone groups is 1. The summed E-state index contributed by atoms with van der Waals surface area (Å²) in [6.07, 6.45) is -2.56. The predicted molar refractivity (Wildman–Crippen MR) is 138 cm³/mol. The van der Waals surface area contributed by atoms with Gasteiger partial charge in [0.15, 0.2) is 0 Å². The highest BCUT2D eigenvalue weighted by Gasteiger charge is 2.48. The van der Waals surface area contributed by atoms with Gasteiger partial charge in [0.2, 0.25) is 5.88 Å². The lowest BCUT2D eigenvalue weighted by atomic mass is 9.94. The highest BCUT2D eigenvalue weighted by atomic mass is 35.5. The zero-order valence-corrected chi connectivity index (χ0v) is 22.3. The summed E-state index contributed by atoms with van der Waals surface area (Å²) in [5, 5.41) is 5.64. The number of anilines is 2. The van der Waals surface area contributed by atoms with Crippen molar-refractivity contribution >= 4 is 34.7 Å². The van der Waals surface area contributed by atoms with Crippen molar-refractivity contribution in [2.24, 2.45) is 16.9 Å². The van der Waals surface area contributed by atoms with E-state index in [0.717, 1.165) is 18.7 Å². The lowest BCUT2D eigenvalue weighted by Gasteiger charge is -2.38. The van der Waals surface area contributed by atoms with Crippen LogP contribution in [0.25, 0.3) is 0 Å². The molecule has 0 amide bonds. The van der Waals surface area contributed by atoms with Gasteiger partial charge in [0.1, 0.15) is 17.6 Å². The van der Waals surface area contributed by atoms with Gasteiger partial charge in [0.05, 0.1) is 49.3 Å². The Morgan fingerprint density at radius 1 is 1.18 bits per heavy atom. The topological polar surface area (TPSA) is 76.5 Å². The molecule has 0 radical (unpaired) electrons. The normalized spacial score (nSPS) is 23.7. The van der Waals surface area contributed by atoms with E-state index in [4.69, 9.17) is 25.8 Å². The second-order valence-corrected chi connectivity index (χ2v) is 9.91. The van der Waals surface area contributed by atoms with Crippen LogP contribution in [0, 0.1) is 11.8 Å². The molecule has 12 heteroatoms. The second-order valence-electron chi connectivity index (χ2n) is 9.50. The highest BCUT2D eigenvalue weighted by molar-refractivity contribution is 6.33. The first-order valence-corrected chi connectivity index (χ1v) is 12.6. The zero-order chi connectivity index (χ0) is 27.6. The van der Waals surface area contributed by atoms with Gasteiger partial charge < -0.3 is 19.1 Å². The monoisotopic (exact) mass is 554 g/mol. The van der Waals surface area contributed by atoms with E-state index in [2.05, 4.69) is 21.9 Å². The van der Waals surface area contributed by atoms with E-state index in [-0.39, 0.29) is 18.4 Å². The third kappa shape index (κ3) is 5.92. The highest BCUT2D eigenvalue weighted by Crippen LogP contribution is 2.37. The Labute approximate surface area is 224 Å². The van der Waals surface area contributed by atoms with Crippen molar-refractivity contribution in [1.29, 1.82) is 0 Å². The molecular weight excluding hydrogens is 525 g/mol. The average molecular weight is 555 g/mol. The van der Waals surface area contributed by atoms with Crippen molar-refractivity contribution in [2.45, 2.75) is 45.0 Å². The predicted octanol–water partition coefficient (Wildman–Crippen LogP) is 5.34. The minimum Gasteiger partial charge on any atom is -0.490 e. The second kappa shape index (κ2) is 11.3. The molecule has 1 saturated heterocycles. The number of ether oxygens (including phenoxy) is 3. The van der Waals surface area contributed by atoms with Crippen LogP contribution >= 0.6 is 11.6 Å². The Morgan fingerprint density at radius 3 is 2.50 bits per heavy atom. The fourth-order valence-electron chi connectivity index (χ4n) is 4.89. The molecule has 2 aliphatic rings. The Morgan fingerprint density at radius 2 is 1.89 bits per heavy atom. The number of rotatable bonds is 7. The van der Waals surface area contributed by atoms with Crippen molar-refractivity contribution in [3.8, 4) is 11.6 Å². The van der Waals surface area contributed by atoms with Crippen LogP contribution in [0.3, 0.4) is 0 Å². The molecule has 0 unspecified atom stereocenters. The summed E-state index contributed by atoms with van der Waals surface area (Å²) in [6.45, 7) is 4.94. The first kappa shape index (κ1) is 27.8. The number of carbonyl (C=O) groups excluding carboxylic acids is 1. The van der Waals surface area contributed by atoms with E-state index in [1.54, 1.807) is 37.6 Å². The van der Waals surface area contributed by atoms with Crippen LogP contribution in [0.5, 0.6) is 11.6 Å². The summed E-state index contributed by atoms with van der Waals surface area (Å²) in [6, 6.07) is 7.72. The molecule has 0 aliphatic carbocycles. The Balaban J connectivity index is 1.45. The number of halogens is 4. The van der Waals surface area contributed by atoms with Crippen molar-refractivity contribution in [3.05, 3.63) is 41.6 Å². The molecular formula is C26H30ClF3N4O4. The van der Waals surface area contributed by atoms with Gasteiger partial charge in [0.25, 0.3) is 0 Å². The largest absolute Gasteiger partial charge is 0.490 e. The molecule has 0 bridgehead atoms. The number of piperidine rings is 1. The number of alkyl halides is 3. The molecule has 2 aromatic rings. The van der Waals surface area contributed by atoms with E-state index in [0.29, 0.717) is 28.9 Å². The van der Waals surface area contributed by atoms with Crippen molar-refractivity contribution in [1.82, 2.24) is 4.98 Å². The number of benzene rings is 1. The SMILES string of the molecule is COC(=O)C[C@H]1[C@H](C)C(C(F)(F)F)=NN1c1ccc(O[C@@H]2CCN(c3cc(OC)ncc3Cl)C[C@H]2C)cc1. The lowest BCUT2D eigenvalue weighted by Crippen LogP contribution is -2.44. The van der Waals surface area contributed by atoms with Crippen molar-refractivity contribution in [2.75, 3.05) is 37.2 Å². The van der Waals surface area contributed by atoms with Crippen LogP contribution in [-0.2, 0) is 9.53 Å². The molecule has 3 heterocycles. The number of nitrogens with zero attached hydrogens (tertiary/aromatic N) is 4. The molecule has 206 valence electrons. The maximum absolute atomic E-state index is 13.5. The van der Waals surface area contributed by atoms with Gasteiger partial charge in [-0.05, 0) is 24.3 Å². The molecule has 2 aliphatic heterocycles. The number of aromatic nitrogens is 1. The fourth-order valence-corrected chi connectivity index (χ4v) is 5.11. The summed E-state index contributed by atoms with van der Waals surface area (Å²) in [4.78, 5) is 18.2. The fraction of sp³-hybridized carbons (Fsp3) is 0.500. The number of carbonyl (C=O) groups is 1. The molecule has 0 N–H and O–H groups in total. The van der Waals surface area contributed by atoms with Gasteiger partial charge in [-0.2, -0.15) is 18.3 Å². The van der Waals surface area contributed by atoms with Crippen LogP contribution in [0.1, 0.15) is 26.7 Å². The maximum atomic E-state index is 13.5. The molecule has 4 rings (SSSR count). The van der Waals surface area contributed by atoms with Gasteiger partial charge in [-0.25, -0.2) is 4.98 Å². The van der Waals surface area contributed by atoms with Gasteiger partial charge in [-0.15, -0.1) is 0 Å². The van der Waals surface area contributed by atoms with Crippen LogP contribution in [-0.4, -0.2) is 62.3 Å². The van der Waals surface area contributed by atoms with E-state index in [1.807, 2.05) is 6.07 Å². The maximum Gasteiger partial charge on any atom is 0.431 e. The Bertz CT molecular complexity index is 1180. The van der Waals surface area contributed by atoms with E-state index in [1.165, 1.54) is 19.0 Å². The van der Waals surface area contributed by atoms with Gasteiger partial charge >= 0.3 is 12.1 Å². The Hall–Kier alpha value is -3.21. The van der Waals surface area contributed by atoms with Gasteiger partial charge in [0, 0.05) is 37.4 Å². The van der Waals surface area contributed by atoms with Crippen LogP contribution in [0.2, 0.25) is 5.02 Å². The summed E-state index contributed by atoms with van der Waals surface area (Å²) in [5.41, 5.74) is 0.369. The summed E-state index contributed by atoms with van der Waals surface area (Å²) in [5.74, 6) is -0.341. The zero-order valence-electron chi connectivity index (χ0n) is 21.5.